The number of allylic oxidation sites excluding steroid dienone is 1. The van der Waals surface area contributed by atoms with Gasteiger partial charge >= 0.3 is 5.97 Å². The van der Waals surface area contributed by atoms with Gasteiger partial charge in [0.15, 0.2) is 0 Å². The number of rotatable bonds is 9. The van der Waals surface area contributed by atoms with E-state index in [1.54, 1.807) is 19.1 Å². The molecule has 0 aliphatic carbocycles. The van der Waals surface area contributed by atoms with Crippen molar-refractivity contribution in [1.82, 2.24) is 10.6 Å². The fourth-order valence-electron chi connectivity index (χ4n) is 1.92. The number of carbonyl (C=O) groups excluding carboxylic acids is 2. The topological polar surface area (TPSA) is 95.5 Å². The Bertz CT molecular complexity index is 555. The molecule has 0 aliphatic rings. The van der Waals surface area contributed by atoms with E-state index in [1.807, 2.05) is 30.3 Å². The summed E-state index contributed by atoms with van der Waals surface area (Å²) in [6, 6.07) is 8.34. The molecule has 1 unspecified atom stereocenters. The summed E-state index contributed by atoms with van der Waals surface area (Å²) in [5.41, 5.74) is 0.895. The van der Waals surface area contributed by atoms with Crippen molar-refractivity contribution in [2.24, 2.45) is 0 Å². The fourth-order valence-corrected chi connectivity index (χ4v) is 1.92. The smallest absolute Gasteiger partial charge is 0.326 e. The molecule has 6 nitrogen and oxygen atoms in total. The Kier molecular flexibility index (Phi) is 8.13. The maximum absolute atomic E-state index is 11.7. The molecule has 0 aliphatic heterocycles. The number of amides is 2. The Morgan fingerprint density at radius 1 is 1.17 bits per heavy atom. The molecule has 0 bridgehead atoms. The predicted octanol–water partition coefficient (Wildman–Crippen LogP) is 1.27. The van der Waals surface area contributed by atoms with Crippen LogP contribution < -0.4 is 10.6 Å². The van der Waals surface area contributed by atoms with E-state index in [4.69, 9.17) is 5.11 Å². The lowest BCUT2D eigenvalue weighted by Gasteiger charge is -2.12. The summed E-state index contributed by atoms with van der Waals surface area (Å²) < 4.78 is 0. The molecule has 23 heavy (non-hydrogen) atoms. The molecule has 0 fully saturated rings. The molecular weight excluding hydrogens is 296 g/mol. The Hall–Kier alpha value is -2.63. The van der Waals surface area contributed by atoms with Gasteiger partial charge in [0, 0.05) is 13.0 Å². The second-order valence-electron chi connectivity index (χ2n) is 5.03. The van der Waals surface area contributed by atoms with Gasteiger partial charge in [-0.2, -0.15) is 0 Å². The monoisotopic (exact) mass is 318 g/mol. The quantitative estimate of drug-likeness (QED) is 0.598. The standard InChI is InChI=1S/C17H22N2O4/c1-2-3-9-14(17(22)23)19-15(20)10-11-18-16(21)12-13-7-5-4-6-8-13/h2-8,14H,9-12H2,1H3,(H,18,21)(H,19,20)(H,22,23)/b3-2+. The van der Waals surface area contributed by atoms with E-state index in [1.165, 1.54) is 0 Å². The average Bonchev–Trinajstić information content (AvgIpc) is 2.52. The highest BCUT2D eigenvalue weighted by molar-refractivity contribution is 5.84. The van der Waals surface area contributed by atoms with E-state index in [9.17, 15) is 14.4 Å². The first-order valence-corrected chi connectivity index (χ1v) is 7.47. The number of carboxylic acid groups (broad SMARTS) is 1. The molecule has 124 valence electrons. The Balaban J connectivity index is 2.29. The van der Waals surface area contributed by atoms with Crippen LogP contribution in [0.25, 0.3) is 0 Å². The minimum absolute atomic E-state index is 0.0418. The predicted molar refractivity (Wildman–Crippen MR) is 86.8 cm³/mol. The fraction of sp³-hybridized carbons (Fsp3) is 0.353. The van der Waals surface area contributed by atoms with E-state index in [0.717, 1.165) is 5.56 Å². The van der Waals surface area contributed by atoms with Crippen molar-refractivity contribution >= 4 is 17.8 Å². The van der Waals surface area contributed by atoms with Crippen LogP contribution in [-0.4, -0.2) is 35.5 Å². The molecule has 2 amide bonds. The minimum Gasteiger partial charge on any atom is -0.480 e. The highest BCUT2D eigenvalue weighted by Crippen LogP contribution is 1.99. The van der Waals surface area contributed by atoms with E-state index in [0.29, 0.717) is 0 Å². The van der Waals surface area contributed by atoms with Crippen LogP contribution >= 0.6 is 0 Å². The summed E-state index contributed by atoms with van der Waals surface area (Å²) in [5, 5.41) is 14.1. The first-order valence-electron chi connectivity index (χ1n) is 7.47. The lowest BCUT2D eigenvalue weighted by Crippen LogP contribution is -2.41. The van der Waals surface area contributed by atoms with Crippen LogP contribution in [0.1, 0.15) is 25.3 Å². The van der Waals surface area contributed by atoms with Crippen LogP contribution in [0, 0.1) is 0 Å². The van der Waals surface area contributed by atoms with Gasteiger partial charge in [0.25, 0.3) is 0 Å². The first-order chi connectivity index (χ1) is 11.0. The van der Waals surface area contributed by atoms with E-state index >= 15 is 0 Å². The summed E-state index contributed by atoms with van der Waals surface area (Å²) in [4.78, 5) is 34.4. The summed E-state index contributed by atoms with van der Waals surface area (Å²) in [6.45, 7) is 1.95. The first kappa shape index (κ1) is 18.4. The van der Waals surface area contributed by atoms with Gasteiger partial charge in [0.05, 0.1) is 6.42 Å². The molecule has 0 aromatic heterocycles. The number of carbonyl (C=O) groups is 3. The Morgan fingerprint density at radius 2 is 1.87 bits per heavy atom. The molecule has 1 aromatic rings. The average molecular weight is 318 g/mol. The zero-order chi connectivity index (χ0) is 17.1. The number of nitrogens with one attached hydrogen (secondary N) is 2. The van der Waals surface area contributed by atoms with Crippen molar-refractivity contribution in [1.29, 1.82) is 0 Å². The molecule has 0 saturated heterocycles. The van der Waals surface area contributed by atoms with Crippen LogP contribution in [0.2, 0.25) is 0 Å². The summed E-state index contributed by atoms with van der Waals surface area (Å²) in [5.74, 6) is -1.65. The van der Waals surface area contributed by atoms with Crippen molar-refractivity contribution in [2.45, 2.75) is 32.2 Å². The third-order valence-electron chi connectivity index (χ3n) is 3.12. The summed E-state index contributed by atoms with van der Waals surface area (Å²) in [6.07, 6.45) is 3.94. The molecule has 3 N–H and O–H groups in total. The Morgan fingerprint density at radius 3 is 2.48 bits per heavy atom. The van der Waals surface area contributed by atoms with Crippen LogP contribution in [0.15, 0.2) is 42.5 Å². The summed E-state index contributed by atoms with van der Waals surface area (Å²) >= 11 is 0. The normalized spacial score (nSPS) is 11.9. The van der Waals surface area contributed by atoms with Crippen LogP contribution in [-0.2, 0) is 20.8 Å². The van der Waals surface area contributed by atoms with Gasteiger partial charge in [-0.3, -0.25) is 9.59 Å². The number of carboxylic acids is 1. The largest absolute Gasteiger partial charge is 0.480 e. The zero-order valence-corrected chi connectivity index (χ0v) is 13.1. The van der Waals surface area contributed by atoms with Gasteiger partial charge in [-0.15, -0.1) is 0 Å². The number of benzene rings is 1. The van der Waals surface area contributed by atoms with Crippen LogP contribution in [0.5, 0.6) is 0 Å². The van der Waals surface area contributed by atoms with Crippen LogP contribution in [0.4, 0.5) is 0 Å². The highest BCUT2D eigenvalue weighted by atomic mass is 16.4. The minimum atomic E-state index is -1.08. The molecule has 0 radical (unpaired) electrons. The van der Waals surface area contributed by atoms with Crippen molar-refractivity contribution < 1.29 is 19.5 Å². The Labute approximate surface area is 135 Å². The summed E-state index contributed by atoms with van der Waals surface area (Å²) in [7, 11) is 0. The maximum atomic E-state index is 11.7. The third kappa shape index (κ3) is 7.80. The lowest BCUT2D eigenvalue weighted by molar-refractivity contribution is -0.141. The van der Waals surface area contributed by atoms with Crippen molar-refractivity contribution in [3.63, 3.8) is 0 Å². The van der Waals surface area contributed by atoms with Gasteiger partial charge in [0.1, 0.15) is 6.04 Å². The van der Waals surface area contributed by atoms with Gasteiger partial charge < -0.3 is 15.7 Å². The molecular formula is C17H22N2O4. The molecule has 6 heteroatoms. The van der Waals surface area contributed by atoms with Gasteiger partial charge in [-0.1, -0.05) is 42.5 Å². The second-order valence-corrected chi connectivity index (χ2v) is 5.03. The third-order valence-corrected chi connectivity index (χ3v) is 3.12. The van der Waals surface area contributed by atoms with Gasteiger partial charge in [-0.25, -0.2) is 4.79 Å². The maximum Gasteiger partial charge on any atom is 0.326 e. The molecule has 1 atom stereocenters. The van der Waals surface area contributed by atoms with E-state index in [2.05, 4.69) is 10.6 Å². The van der Waals surface area contributed by atoms with Crippen LogP contribution in [0.3, 0.4) is 0 Å². The van der Waals surface area contributed by atoms with Crippen molar-refractivity contribution in [2.75, 3.05) is 6.54 Å². The van der Waals surface area contributed by atoms with E-state index < -0.39 is 17.9 Å². The lowest BCUT2D eigenvalue weighted by atomic mass is 10.1. The van der Waals surface area contributed by atoms with Crippen molar-refractivity contribution in [3.05, 3.63) is 48.0 Å². The van der Waals surface area contributed by atoms with Crippen molar-refractivity contribution in [3.8, 4) is 0 Å². The number of hydrogen-bond acceptors (Lipinski definition) is 3. The number of aliphatic carboxylic acids is 1. The zero-order valence-electron chi connectivity index (χ0n) is 13.1. The molecule has 1 rings (SSSR count). The molecule has 0 spiro atoms. The molecule has 0 heterocycles. The SMILES string of the molecule is C/C=C/CC(NC(=O)CCNC(=O)Cc1ccccc1)C(=O)O. The molecule has 0 saturated carbocycles. The van der Waals surface area contributed by atoms with Gasteiger partial charge in [-0.05, 0) is 18.9 Å². The highest BCUT2D eigenvalue weighted by Gasteiger charge is 2.18. The van der Waals surface area contributed by atoms with Gasteiger partial charge in [0.2, 0.25) is 11.8 Å². The number of hydrogen-bond donors (Lipinski definition) is 3. The second kappa shape index (κ2) is 10.2. The molecule has 1 aromatic carbocycles. The van der Waals surface area contributed by atoms with E-state index in [-0.39, 0.29) is 31.7 Å².